The van der Waals surface area contributed by atoms with Gasteiger partial charge in [0.2, 0.25) is 0 Å². The molecule has 0 bridgehead atoms. The van der Waals surface area contributed by atoms with Crippen molar-refractivity contribution in [1.82, 2.24) is 0 Å². The first-order valence-corrected chi connectivity index (χ1v) is 5.67. The van der Waals surface area contributed by atoms with Crippen LogP contribution in [-0.2, 0) is 0 Å². The zero-order chi connectivity index (χ0) is 11.0. The minimum Gasteiger partial charge on any atom is -0.135 e. The lowest BCUT2D eigenvalue weighted by atomic mass is 10.1. The number of benzene rings is 2. The fourth-order valence-electron chi connectivity index (χ4n) is 1.86. The van der Waals surface area contributed by atoms with Gasteiger partial charge in [-0.2, -0.15) is 0 Å². The summed E-state index contributed by atoms with van der Waals surface area (Å²) in [4.78, 5) is 2.86. The molecule has 0 amide bonds. The van der Waals surface area contributed by atoms with Crippen LogP contribution in [0.4, 0.5) is 5.69 Å². The third kappa shape index (κ3) is 1.25. The number of azide groups is 1. The molecule has 2 aromatic carbocycles. The van der Waals surface area contributed by atoms with Gasteiger partial charge in [-0.1, -0.05) is 41.5 Å². The summed E-state index contributed by atoms with van der Waals surface area (Å²) in [7, 11) is 0. The Hall–Kier alpha value is -2.03. The lowest BCUT2D eigenvalue weighted by Crippen LogP contribution is -1.65. The van der Waals surface area contributed by atoms with Gasteiger partial charge < -0.3 is 0 Å². The van der Waals surface area contributed by atoms with Gasteiger partial charge in [0, 0.05) is 25.1 Å². The Bertz CT molecular complexity index is 723. The van der Waals surface area contributed by atoms with Crippen LogP contribution in [0.25, 0.3) is 30.6 Å². The molecule has 76 valence electrons. The van der Waals surface area contributed by atoms with Gasteiger partial charge in [-0.05, 0) is 11.6 Å². The molecular weight excluding hydrogens is 218 g/mol. The summed E-state index contributed by atoms with van der Waals surface area (Å²) in [5.41, 5.74) is 9.23. The maximum Gasteiger partial charge on any atom is 0.0554 e. The second kappa shape index (κ2) is 3.52. The molecule has 0 saturated heterocycles. The molecular formula is C12H7N3S. The Morgan fingerprint density at radius 1 is 1.00 bits per heavy atom. The van der Waals surface area contributed by atoms with Gasteiger partial charge in [0.1, 0.15) is 0 Å². The van der Waals surface area contributed by atoms with E-state index in [0.717, 1.165) is 10.1 Å². The van der Waals surface area contributed by atoms with Gasteiger partial charge in [0.25, 0.3) is 0 Å². The Morgan fingerprint density at radius 3 is 2.69 bits per heavy atom. The fourth-order valence-corrected chi connectivity index (χ4v) is 3.02. The molecule has 3 aromatic rings. The van der Waals surface area contributed by atoms with Crippen LogP contribution >= 0.6 is 11.3 Å². The monoisotopic (exact) mass is 225 g/mol. The van der Waals surface area contributed by atoms with Crippen LogP contribution in [0, 0.1) is 0 Å². The fraction of sp³-hybridized carbons (Fsp3) is 0. The molecule has 3 rings (SSSR count). The third-order valence-corrected chi connectivity index (χ3v) is 3.75. The van der Waals surface area contributed by atoms with Gasteiger partial charge >= 0.3 is 0 Å². The quantitative estimate of drug-likeness (QED) is 0.318. The van der Waals surface area contributed by atoms with Crippen molar-refractivity contribution in [2.75, 3.05) is 0 Å². The molecule has 0 fully saturated rings. The van der Waals surface area contributed by atoms with Gasteiger partial charge in [-0.3, -0.25) is 0 Å². The molecule has 0 spiro atoms. The van der Waals surface area contributed by atoms with Crippen molar-refractivity contribution in [3.8, 4) is 0 Å². The topological polar surface area (TPSA) is 48.8 Å². The van der Waals surface area contributed by atoms with Gasteiger partial charge in [0.15, 0.2) is 0 Å². The highest BCUT2D eigenvalue weighted by molar-refractivity contribution is 7.26. The minimum absolute atomic E-state index is 0.709. The van der Waals surface area contributed by atoms with Crippen molar-refractivity contribution in [2.45, 2.75) is 0 Å². The van der Waals surface area contributed by atoms with E-state index < -0.39 is 0 Å². The molecule has 0 aliphatic carbocycles. The Kier molecular flexibility index (Phi) is 2.03. The third-order valence-electron chi connectivity index (χ3n) is 2.54. The van der Waals surface area contributed by atoms with Gasteiger partial charge in [-0.15, -0.1) is 11.3 Å². The van der Waals surface area contributed by atoms with Crippen LogP contribution in [0.5, 0.6) is 0 Å². The molecule has 16 heavy (non-hydrogen) atoms. The molecule has 1 aromatic heterocycles. The van der Waals surface area contributed by atoms with Crippen LogP contribution < -0.4 is 0 Å². The number of rotatable bonds is 1. The largest absolute Gasteiger partial charge is 0.135 e. The predicted octanol–water partition coefficient (Wildman–Crippen LogP) is 5.00. The number of hydrogen-bond acceptors (Lipinski definition) is 2. The summed E-state index contributed by atoms with van der Waals surface area (Å²) in [6.45, 7) is 0. The molecule has 4 heteroatoms. The summed E-state index contributed by atoms with van der Waals surface area (Å²) in [5.74, 6) is 0. The van der Waals surface area contributed by atoms with E-state index in [1.54, 1.807) is 11.3 Å². The van der Waals surface area contributed by atoms with Crippen molar-refractivity contribution >= 4 is 37.2 Å². The van der Waals surface area contributed by atoms with Crippen LogP contribution in [-0.4, -0.2) is 0 Å². The molecule has 0 aliphatic rings. The number of fused-ring (bicyclic) bond motifs is 3. The molecule has 0 atom stereocenters. The van der Waals surface area contributed by atoms with E-state index in [-0.39, 0.29) is 0 Å². The minimum atomic E-state index is 0.709. The van der Waals surface area contributed by atoms with E-state index >= 15 is 0 Å². The second-order valence-electron chi connectivity index (χ2n) is 3.44. The van der Waals surface area contributed by atoms with E-state index in [1.165, 1.54) is 10.1 Å². The van der Waals surface area contributed by atoms with Crippen molar-refractivity contribution < 1.29 is 0 Å². The van der Waals surface area contributed by atoms with E-state index in [1.807, 2.05) is 24.3 Å². The Morgan fingerprint density at radius 2 is 1.81 bits per heavy atom. The first-order chi connectivity index (χ1) is 7.90. The number of nitrogens with zero attached hydrogens (tertiary/aromatic N) is 3. The van der Waals surface area contributed by atoms with Crippen LogP contribution in [0.3, 0.4) is 0 Å². The highest BCUT2D eigenvalue weighted by atomic mass is 32.1. The number of thiophene rings is 1. The van der Waals surface area contributed by atoms with Crippen molar-refractivity contribution in [3.63, 3.8) is 0 Å². The molecule has 0 unspecified atom stereocenters. The van der Waals surface area contributed by atoms with Crippen LogP contribution in [0.2, 0.25) is 0 Å². The second-order valence-corrected chi connectivity index (χ2v) is 4.49. The zero-order valence-electron chi connectivity index (χ0n) is 8.29. The Labute approximate surface area is 95.6 Å². The lowest BCUT2D eigenvalue weighted by Gasteiger charge is -1.93. The average Bonchev–Trinajstić information content (AvgIpc) is 2.69. The zero-order valence-corrected chi connectivity index (χ0v) is 9.11. The summed E-state index contributed by atoms with van der Waals surface area (Å²) in [6.07, 6.45) is 0. The molecule has 0 saturated carbocycles. The maximum absolute atomic E-state index is 8.52. The first-order valence-electron chi connectivity index (χ1n) is 4.85. The predicted molar refractivity (Wildman–Crippen MR) is 68.1 cm³/mol. The van der Waals surface area contributed by atoms with Crippen LogP contribution in [0.15, 0.2) is 47.6 Å². The molecule has 3 nitrogen and oxygen atoms in total. The highest BCUT2D eigenvalue weighted by Crippen LogP contribution is 2.38. The molecule has 1 heterocycles. The van der Waals surface area contributed by atoms with Crippen molar-refractivity contribution in [2.24, 2.45) is 5.11 Å². The molecule has 0 aliphatic heterocycles. The normalized spacial score (nSPS) is 10.5. The summed E-state index contributed by atoms with van der Waals surface area (Å²) < 4.78 is 2.28. The van der Waals surface area contributed by atoms with E-state index in [2.05, 4.69) is 28.2 Å². The Balaban J connectivity index is 2.53. The average molecular weight is 225 g/mol. The van der Waals surface area contributed by atoms with Crippen molar-refractivity contribution in [1.29, 1.82) is 0 Å². The van der Waals surface area contributed by atoms with E-state index in [4.69, 9.17) is 5.53 Å². The van der Waals surface area contributed by atoms with Crippen molar-refractivity contribution in [3.05, 3.63) is 52.9 Å². The smallest absolute Gasteiger partial charge is 0.0554 e. The SMILES string of the molecule is [N-]=[N+]=Nc1cccc2c1sc1ccccc12. The van der Waals surface area contributed by atoms with E-state index in [0.29, 0.717) is 5.69 Å². The first kappa shape index (κ1) is 9.21. The highest BCUT2D eigenvalue weighted by Gasteiger charge is 2.06. The summed E-state index contributed by atoms with van der Waals surface area (Å²) in [6, 6.07) is 14.0. The lowest BCUT2D eigenvalue weighted by molar-refractivity contribution is 1.53. The van der Waals surface area contributed by atoms with Gasteiger partial charge in [-0.25, -0.2) is 0 Å². The number of hydrogen-bond donors (Lipinski definition) is 0. The molecule has 0 radical (unpaired) electrons. The van der Waals surface area contributed by atoms with Gasteiger partial charge in [0.05, 0.1) is 5.69 Å². The molecule has 0 N–H and O–H groups in total. The maximum atomic E-state index is 8.52. The van der Waals surface area contributed by atoms with Crippen LogP contribution in [0.1, 0.15) is 0 Å². The summed E-state index contributed by atoms with van der Waals surface area (Å²) >= 11 is 1.66. The summed E-state index contributed by atoms with van der Waals surface area (Å²) in [5, 5.41) is 6.10. The standard InChI is InChI=1S/C12H7N3S/c13-15-14-10-6-3-5-9-8-4-1-2-7-11(8)16-12(9)10/h1-7H. The van der Waals surface area contributed by atoms with E-state index in [9.17, 15) is 0 Å².